The molecule has 7 rings (SSSR count). The van der Waals surface area contributed by atoms with Crippen LogP contribution in [0, 0.1) is 5.92 Å². The van der Waals surface area contributed by atoms with E-state index in [4.69, 9.17) is 9.47 Å². The van der Waals surface area contributed by atoms with Crippen LogP contribution in [-0.4, -0.2) is 47.6 Å². The number of anilines is 1. The van der Waals surface area contributed by atoms with Crippen LogP contribution in [0.1, 0.15) is 43.4 Å². The molecule has 1 amide bonds. The molecule has 1 N–H and O–H groups in total. The number of carbonyl (C=O) groups excluding carboxylic acids is 3. The second-order valence-corrected chi connectivity index (χ2v) is 10.6. The molecule has 1 spiro atoms. The van der Waals surface area contributed by atoms with E-state index >= 15 is 0 Å². The molecule has 208 valence electrons. The maximum absolute atomic E-state index is 14.9. The monoisotopic (exact) mass is 557 g/mol. The SMILES string of the molecule is COc1ccc(OC)c(C(=O)[C@@H]2[C@H](C(=O)c3cccnc3)[C@]3(C(=O)Nc4ccccc43)[C@@H]3c4ccccc4C=CN23)c1. The zero-order chi connectivity index (χ0) is 29.0. The smallest absolute Gasteiger partial charge is 0.238 e. The summed E-state index contributed by atoms with van der Waals surface area (Å²) in [5.74, 6) is -1.29. The minimum atomic E-state index is -1.42. The standard InChI is InChI=1S/C34H27N3O5/c1-41-22-13-14-27(42-2)24(18-22)31(39)29-28(30(38)21-9-7-16-35-19-21)34(25-11-5-6-12-26(25)36-33(34)40)32-23-10-4-3-8-20(23)15-17-37(29)32/h3-19,28-29,32H,1-2H3,(H,36,40)/t28-,29+,32+,34+/m1/s1. The van der Waals surface area contributed by atoms with Gasteiger partial charge in [0, 0.05) is 29.8 Å². The number of benzene rings is 3. The van der Waals surface area contributed by atoms with Crippen molar-refractivity contribution in [1.82, 2.24) is 9.88 Å². The second-order valence-electron chi connectivity index (χ2n) is 10.6. The van der Waals surface area contributed by atoms with Gasteiger partial charge in [-0.1, -0.05) is 42.5 Å². The molecule has 4 atom stereocenters. The lowest BCUT2D eigenvalue weighted by atomic mass is 9.62. The average Bonchev–Trinajstić information content (AvgIpc) is 3.52. The molecule has 8 nitrogen and oxygen atoms in total. The predicted octanol–water partition coefficient (Wildman–Crippen LogP) is 5.08. The number of hydrogen-bond donors (Lipinski definition) is 1. The zero-order valence-electron chi connectivity index (χ0n) is 23.0. The number of para-hydroxylation sites is 1. The summed E-state index contributed by atoms with van der Waals surface area (Å²) in [7, 11) is 3.02. The van der Waals surface area contributed by atoms with Crippen LogP contribution in [0.5, 0.6) is 11.5 Å². The fourth-order valence-electron chi connectivity index (χ4n) is 7.02. The summed E-state index contributed by atoms with van der Waals surface area (Å²) in [6, 6.07) is 21.9. The molecule has 0 radical (unpaired) electrons. The van der Waals surface area contributed by atoms with Crippen molar-refractivity contribution in [2.45, 2.75) is 17.5 Å². The quantitative estimate of drug-likeness (QED) is 0.330. The topological polar surface area (TPSA) is 97.8 Å². The Labute approximate surface area is 242 Å². The molecule has 8 heteroatoms. The van der Waals surface area contributed by atoms with Crippen molar-refractivity contribution in [2.75, 3.05) is 19.5 Å². The molecule has 4 aromatic rings. The Morgan fingerprint density at radius 2 is 1.74 bits per heavy atom. The second kappa shape index (κ2) is 9.69. The Kier molecular flexibility index (Phi) is 5.93. The van der Waals surface area contributed by atoms with Gasteiger partial charge in [-0.25, -0.2) is 0 Å². The lowest BCUT2D eigenvalue weighted by molar-refractivity contribution is -0.122. The molecule has 1 aromatic heterocycles. The predicted molar refractivity (Wildman–Crippen MR) is 157 cm³/mol. The van der Waals surface area contributed by atoms with Crippen molar-refractivity contribution in [3.8, 4) is 11.5 Å². The van der Waals surface area contributed by atoms with Crippen molar-refractivity contribution < 1.29 is 23.9 Å². The van der Waals surface area contributed by atoms with Gasteiger partial charge in [-0.2, -0.15) is 0 Å². The molecule has 4 heterocycles. The van der Waals surface area contributed by atoms with Gasteiger partial charge in [0.2, 0.25) is 5.91 Å². The summed E-state index contributed by atoms with van der Waals surface area (Å²) in [6.07, 6.45) is 6.85. The summed E-state index contributed by atoms with van der Waals surface area (Å²) in [5.41, 5.74) is 2.28. The third-order valence-electron chi connectivity index (χ3n) is 8.74. The molecule has 0 bridgehead atoms. The molecule has 3 aliphatic rings. The van der Waals surface area contributed by atoms with Crippen molar-refractivity contribution in [1.29, 1.82) is 0 Å². The zero-order valence-corrected chi connectivity index (χ0v) is 23.0. The summed E-state index contributed by atoms with van der Waals surface area (Å²) >= 11 is 0. The third-order valence-corrected chi connectivity index (χ3v) is 8.74. The first-order chi connectivity index (χ1) is 20.5. The highest BCUT2D eigenvalue weighted by Gasteiger charge is 2.70. The minimum Gasteiger partial charge on any atom is -0.497 e. The average molecular weight is 558 g/mol. The molecule has 1 fully saturated rings. The van der Waals surface area contributed by atoms with Crippen LogP contribution in [0.3, 0.4) is 0 Å². The molecule has 42 heavy (non-hydrogen) atoms. The maximum Gasteiger partial charge on any atom is 0.238 e. The highest BCUT2D eigenvalue weighted by Crippen LogP contribution is 2.62. The molecule has 1 saturated heterocycles. The highest BCUT2D eigenvalue weighted by molar-refractivity contribution is 6.17. The fraction of sp³-hybridized carbons (Fsp3) is 0.176. The lowest BCUT2D eigenvalue weighted by Crippen LogP contribution is -2.49. The largest absolute Gasteiger partial charge is 0.497 e. The van der Waals surface area contributed by atoms with Gasteiger partial charge >= 0.3 is 0 Å². The Morgan fingerprint density at radius 3 is 2.52 bits per heavy atom. The number of hydrogen-bond acceptors (Lipinski definition) is 7. The van der Waals surface area contributed by atoms with E-state index in [1.807, 2.05) is 65.7 Å². The van der Waals surface area contributed by atoms with Gasteiger partial charge in [0.25, 0.3) is 0 Å². The number of aromatic nitrogens is 1. The van der Waals surface area contributed by atoms with Crippen LogP contribution in [0.2, 0.25) is 0 Å². The van der Waals surface area contributed by atoms with E-state index < -0.39 is 23.4 Å². The summed E-state index contributed by atoms with van der Waals surface area (Å²) in [4.78, 5) is 50.2. The number of ether oxygens (including phenoxy) is 2. The van der Waals surface area contributed by atoms with E-state index in [0.29, 0.717) is 28.3 Å². The highest BCUT2D eigenvalue weighted by atomic mass is 16.5. The number of rotatable bonds is 6. The van der Waals surface area contributed by atoms with Crippen LogP contribution >= 0.6 is 0 Å². The van der Waals surface area contributed by atoms with Gasteiger partial charge in [0.15, 0.2) is 11.6 Å². The number of nitrogens with one attached hydrogen (secondary N) is 1. The summed E-state index contributed by atoms with van der Waals surface area (Å²) < 4.78 is 11.1. The van der Waals surface area contributed by atoms with Gasteiger partial charge < -0.3 is 19.7 Å². The van der Waals surface area contributed by atoms with Gasteiger partial charge in [0.05, 0.1) is 31.7 Å². The van der Waals surface area contributed by atoms with Gasteiger partial charge in [-0.05, 0) is 59.2 Å². The molecule has 3 aromatic carbocycles. The first-order valence-corrected chi connectivity index (χ1v) is 13.7. The number of nitrogens with zero attached hydrogens (tertiary/aromatic N) is 2. The van der Waals surface area contributed by atoms with E-state index in [1.165, 1.54) is 20.4 Å². The Hall–Kier alpha value is -5.24. The lowest BCUT2D eigenvalue weighted by Gasteiger charge is -2.38. The molecular formula is C34H27N3O5. The van der Waals surface area contributed by atoms with Crippen molar-refractivity contribution in [3.63, 3.8) is 0 Å². The van der Waals surface area contributed by atoms with Crippen molar-refractivity contribution in [3.05, 3.63) is 125 Å². The van der Waals surface area contributed by atoms with E-state index in [1.54, 1.807) is 36.5 Å². The van der Waals surface area contributed by atoms with Crippen molar-refractivity contribution >= 4 is 29.2 Å². The molecule has 0 unspecified atom stereocenters. The van der Waals surface area contributed by atoms with Crippen LogP contribution < -0.4 is 14.8 Å². The van der Waals surface area contributed by atoms with E-state index in [0.717, 1.165) is 11.1 Å². The normalized spacial score (nSPS) is 23.1. The summed E-state index contributed by atoms with van der Waals surface area (Å²) in [6.45, 7) is 0. The fourth-order valence-corrected chi connectivity index (χ4v) is 7.02. The minimum absolute atomic E-state index is 0.264. The third kappa shape index (κ3) is 3.48. The Bertz CT molecular complexity index is 1790. The van der Waals surface area contributed by atoms with Gasteiger partial charge in [-0.15, -0.1) is 0 Å². The Balaban J connectivity index is 1.54. The van der Waals surface area contributed by atoms with Gasteiger partial charge in [-0.3, -0.25) is 19.4 Å². The van der Waals surface area contributed by atoms with E-state index in [9.17, 15) is 14.4 Å². The van der Waals surface area contributed by atoms with Crippen LogP contribution in [0.25, 0.3) is 6.08 Å². The number of amides is 1. The van der Waals surface area contributed by atoms with Crippen LogP contribution in [-0.2, 0) is 10.2 Å². The summed E-state index contributed by atoms with van der Waals surface area (Å²) in [5, 5.41) is 3.06. The number of pyridine rings is 1. The maximum atomic E-state index is 14.9. The molecule has 3 aliphatic heterocycles. The van der Waals surface area contributed by atoms with Crippen molar-refractivity contribution in [2.24, 2.45) is 5.92 Å². The number of methoxy groups -OCH3 is 2. The number of ketones is 2. The molecule has 0 aliphatic carbocycles. The van der Waals surface area contributed by atoms with Crippen LogP contribution in [0.4, 0.5) is 5.69 Å². The number of fused-ring (bicyclic) bond motifs is 6. The van der Waals surface area contributed by atoms with Crippen LogP contribution in [0.15, 0.2) is 97.5 Å². The Morgan fingerprint density at radius 1 is 0.929 bits per heavy atom. The number of Topliss-reactive ketones (excluding diaryl/α,β-unsaturated/α-hetero) is 2. The molecular weight excluding hydrogens is 530 g/mol. The first kappa shape index (κ1) is 25.7. The molecule has 0 saturated carbocycles. The van der Waals surface area contributed by atoms with Gasteiger partial charge in [0.1, 0.15) is 23.0 Å². The van der Waals surface area contributed by atoms with E-state index in [-0.39, 0.29) is 23.0 Å². The first-order valence-electron chi connectivity index (χ1n) is 13.7. The van der Waals surface area contributed by atoms with E-state index in [2.05, 4.69) is 10.3 Å². The number of carbonyl (C=O) groups is 3.